The zero-order valence-corrected chi connectivity index (χ0v) is 17.1. The number of aryl methyl sites for hydroxylation is 1. The van der Waals surface area contributed by atoms with Gasteiger partial charge >= 0.3 is 5.97 Å². The maximum absolute atomic E-state index is 12.7. The van der Waals surface area contributed by atoms with Crippen molar-refractivity contribution in [1.29, 1.82) is 0 Å². The highest BCUT2D eigenvalue weighted by molar-refractivity contribution is 6.13. The van der Waals surface area contributed by atoms with Crippen LogP contribution in [0, 0.1) is 6.92 Å². The number of aromatic nitrogens is 1. The molecule has 30 heavy (non-hydrogen) atoms. The smallest absolute Gasteiger partial charge is 0.330 e. The molecule has 150 valence electrons. The molecule has 0 saturated carbocycles. The molecule has 0 amide bonds. The molecule has 1 N–H and O–H groups in total. The number of aliphatic imine (C=N–C) groups is 1. The van der Waals surface area contributed by atoms with Crippen LogP contribution in [-0.2, 0) is 16.0 Å². The minimum atomic E-state index is -0.650. The lowest BCUT2D eigenvalue weighted by molar-refractivity contribution is -0.142. The van der Waals surface area contributed by atoms with Crippen LogP contribution in [0.4, 0.5) is 0 Å². The summed E-state index contributed by atoms with van der Waals surface area (Å²) in [5.41, 5.74) is 5.90. The van der Waals surface area contributed by atoms with Crippen LogP contribution >= 0.6 is 0 Å². The molecule has 3 aromatic carbocycles. The number of hydrogen-bond donors (Lipinski definition) is 1. The first kappa shape index (κ1) is 19.6. The van der Waals surface area contributed by atoms with Crippen LogP contribution in [0.2, 0.25) is 0 Å². The van der Waals surface area contributed by atoms with Crippen molar-refractivity contribution >= 4 is 22.6 Å². The number of nitrogens with one attached hydrogen (secondary N) is 1. The van der Waals surface area contributed by atoms with Crippen molar-refractivity contribution in [2.24, 2.45) is 4.99 Å². The molecule has 1 atom stereocenters. The number of carbonyl (C=O) groups excluding carboxylic acids is 1. The predicted octanol–water partition coefficient (Wildman–Crippen LogP) is 5.10. The Morgan fingerprint density at radius 2 is 1.47 bits per heavy atom. The van der Waals surface area contributed by atoms with Crippen LogP contribution in [0.3, 0.4) is 0 Å². The lowest BCUT2D eigenvalue weighted by Gasteiger charge is -2.15. The third-order valence-corrected chi connectivity index (χ3v) is 5.28. The molecular formula is C26H24N2O2. The highest BCUT2D eigenvalue weighted by atomic mass is 16.5. The Bertz CT molecular complexity index is 1140. The lowest BCUT2D eigenvalue weighted by Crippen LogP contribution is -2.25. The Balaban J connectivity index is 1.81. The first-order valence-electron chi connectivity index (χ1n) is 10.00. The maximum Gasteiger partial charge on any atom is 0.330 e. The van der Waals surface area contributed by atoms with Gasteiger partial charge in [0.1, 0.15) is 0 Å². The van der Waals surface area contributed by atoms with Gasteiger partial charge in [-0.3, -0.25) is 4.99 Å². The third kappa shape index (κ3) is 4.03. The summed E-state index contributed by atoms with van der Waals surface area (Å²) in [6.45, 7) is 2.03. The van der Waals surface area contributed by atoms with E-state index in [2.05, 4.69) is 11.1 Å². The summed E-state index contributed by atoms with van der Waals surface area (Å²) >= 11 is 0. The van der Waals surface area contributed by atoms with E-state index in [1.165, 1.54) is 7.11 Å². The molecule has 0 fully saturated rings. The number of aromatic amines is 1. The summed E-state index contributed by atoms with van der Waals surface area (Å²) in [6.07, 6.45) is 0.464. The fourth-order valence-electron chi connectivity index (χ4n) is 3.77. The molecule has 0 aliphatic rings. The Morgan fingerprint density at radius 1 is 0.900 bits per heavy atom. The molecule has 1 heterocycles. The number of fused-ring (bicyclic) bond motifs is 1. The van der Waals surface area contributed by atoms with Crippen LogP contribution in [0.5, 0.6) is 0 Å². The van der Waals surface area contributed by atoms with Gasteiger partial charge in [-0.05, 0) is 18.6 Å². The normalized spacial score (nSPS) is 11.8. The van der Waals surface area contributed by atoms with E-state index in [-0.39, 0.29) is 5.97 Å². The zero-order valence-electron chi connectivity index (χ0n) is 17.1. The molecule has 4 heteroatoms. The van der Waals surface area contributed by atoms with Crippen LogP contribution < -0.4 is 0 Å². The Labute approximate surface area is 176 Å². The molecule has 1 aromatic heterocycles. The number of H-pyrrole nitrogens is 1. The van der Waals surface area contributed by atoms with Crippen LogP contribution in [-0.4, -0.2) is 29.8 Å². The molecule has 0 radical (unpaired) electrons. The molecule has 0 unspecified atom stereocenters. The molecule has 0 bridgehead atoms. The van der Waals surface area contributed by atoms with E-state index in [1.807, 2.05) is 85.8 Å². The molecule has 0 spiro atoms. The molecule has 4 aromatic rings. The van der Waals surface area contributed by atoms with E-state index in [1.54, 1.807) is 0 Å². The van der Waals surface area contributed by atoms with Crippen LogP contribution in [0.25, 0.3) is 10.9 Å². The number of para-hydroxylation sites is 1. The van der Waals surface area contributed by atoms with Gasteiger partial charge in [-0.15, -0.1) is 0 Å². The molecule has 0 saturated heterocycles. The number of hydrogen-bond acceptors (Lipinski definition) is 3. The van der Waals surface area contributed by atoms with Gasteiger partial charge < -0.3 is 9.72 Å². The van der Waals surface area contributed by atoms with E-state index in [9.17, 15) is 4.79 Å². The van der Waals surface area contributed by atoms with E-state index in [4.69, 9.17) is 9.73 Å². The van der Waals surface area contributed by atoms with Crippen molar-refractivity contribution in [2.75, 3.05) is 7.11 Å². The Hall–Kier alpha value is -3.66. The van der Waals surface area contributed by atoms with Gasteiger partial charge in [0.15, 0.2) is 6.04 Å². The number of methoxy groups -OCH3 is 1. The summed E-state index contributed by atoms with van der Waals surface area (Å²) in [6, 6.07) is 27.4. The van der Waals surface area contributed by atoms with Crippen LogP contribution in [0.1, 0.15) is 22.4 Å². The number of benzene rings is 3. The Morgan fingerprint density at radius 3 is 2.07 bits per heavy atom. The van der Waals surface area contributed by atoms with E-state index >= 15 is 0 Å². The van der Waals surface area contributed by atoms with Crippen molar-refractivity contribution in [1.82, 2.24) is 4.98 Å². The number of rotatable bonds is 6. The highest BCUT2D eigenvalue weighted by Crippen LogP contribution is 2.25. The van der Waals surface area contributed by atoms with E-state index in [0.717, 1.165) is 39.0 Å². The van der Waals surface area contributed by atoms with Crippen molar-refractivity contribution in [3.05, 3.63) is 107 Å². The highest BCUT2D eigenvalue weighted by Gasteiger charge is 2.23. The molecule has 4 nitrogen and oxygen atoms in total. The first-order chi connectivity index (χ1) is 14.7. The zero-order chi connectivity index (χ0) is 20.9. The molecule has 0 aliphatic heterocycles. The largest absolute Gasteiger partial charge is 0.467 e. The topological polar surface area (TPSA) is 54.5 Å². The maximum atomic E-state index is 12.7. The summed E-state index contributed by atoms with van der Waals surface area (Å²) in [4.78, 5) is 21.1. The minimum absolute atomic E-state index is 0.343. The summed E-state index contributed by atoms with van der Waals surface area (Å²) in [5.74, 6) is -0.343. The standard InChI is InChI=1S/C26H24N2O2/c1-18-22(21-15-9-10-16-23(21)27-18)17-24(26(29)30-2)28-25(19-11-5-3-6-12-19)20-13-7-4-8-14-20/h3-16,24,27H,17H2,1-2H3/t24-/m1/s1. The van der Waals surface area contributed by atoms with Gasteiger partial charge in [-0.1, -0.05) is 78.9 Å². The second kappa shape index (κ2) is 8.78. The van der Waals surface area contributed by atoms with Gasteiger partial charge in [0.2, 0.25) is 0 Å². The van der Waals surface area contributed by atoms with Crippen molar-refractivity contribution < 1.29 is 9.53 Å². The van der Waals surface area contributed by atoms with Gasteiger partial charge in [0, 0.05) is 34.1 Å². The average molecular weight is 396 g/mol. The number of ether oxygens (including phenoxy) is 1. The first-order valence-corrected chi connectivity index (χ1v) is 10.00. The second-order valence-corrected chi connectivity index (χ2v) is 7.23. The quantitative estimate of drug-likeness (QED) is 0.364. The van der Waals surface area contributed by atoms with Gasteiger partial charge in [-0.2, -0.15) is 0 Å². The third-order valence-electron chi connectivity index (χ3n) is 5.28. The monoisotopic (exact) mass is 396 g/mol. The van der Waals surface area contributed by atoms with Gasteiger partial charge in [0.25, 0.3) is 0 Å². The fourth-order valence-corrected chi connectivity index (χ4v) is 3.77. The molecule has 0 aliphatic carbocycles. The minimum Gasteiger partial charge on any atom is -0.467 e. The summed E-state index contributed by atoms with van der Waals surface area (Å²) in [5, 5.41) is 1.11. The van der Waals surface area contributed by atoms with Gasteiger partial charge in [0.05, 0.1) is 12.8 Å². The molecule has 4 rings (SSSR count). The second-order valence-electron chi connectivity index (χ2n) is 7.23. The van der Waals surface area contributed by atoms with Gasteiger partial charge in [-0.25, -0.2) is 4.79 Å². The van der Waals surface area contributed by atoms with Crippen molar-refractivity contribution in [3.8, 4) is 0 Å². The van der Waals surface area contributed by atoms with Crippen LogP contribution in [0.15, 0.2) is 89.9 Å². The number of esters is 1. The van der Waals surface area contributed by atoms with Crippen molar-refractivity contribution in [3.63, 3.8) is 0 Å². The Kier molecular flexibility index (Phi) is 5.75. The lowest BCUT2D eigenvalue weighted by atomic mass is 9.99. The SMILES string of the molecule is COC(=O)[C@@H](Cc1c(C)[nH]c2ccccc12)N=C(c1ccccc1)c1ccccc1. The summed E-state index contributed by atoms with van der Waals surface area (Å²) < 4.78 is 5.13. The average Bonchev–Trinajstić information content (AvgIpc) is 3.12. The van der Waals surface area contributed by atoms with E-state index in [0.29, 0.717) is 6.42 Å². The fraction of sp³-hybridized carbons (Fsp3) is 0.154. The molecular weight excluding hydrogens is 372 g/mol. The summed E-state index contributed by atoms with van der Waals surface area (Å²) in [7, 11) is 1.41. The predicted molar refractivity (Wildman–Crippen MR) is 121 cm³/mol. The number of carbonyl (C=O) groups is 1. The van der Waals surface area contributed by atoms with E-state index < -0.39 is 6.04 Å². The number of nitrogens with zero attached hydrogens (tertiary/aromatic N) is 1. The van der Waals surface area contributed by atoms with Crippen molar-refractivity contribution in [2.45, 2.75) is 19.4 Å².